The SMILES string of the molecule is O=C(CCCCCn1c(SCC(=O)c2ccc(Cl)cc2)nc2ccccc2c1=O)NC[C@H]1CCCO1. The number of rotatable bonds is 12. The second kappa shape index (κ2) is 13.0. The van der Waals surface area contributed by atoms with Gasteiger partial charge in [0, 0.05) is 36.7 Å². The zero-order valence-corrected chi connectivity index (χ0v) is 21.7. The van der Waals surface area contributed by atoms with Gasteiger partial charge < -0.3 is 10.1 Å². The minimum Gasteiger partial charge on any atom is -0.376 e. The van der Waals surface area contributed by atoms with Crippen LogP contribution in [0.25, 0.3) is 10.9 Å². The lowest BCUT2D eigenvalue weighted by atomic mass is 10.1. The molecule has 4 rings (SSSR count). The molecule has 0 saturated carbocycles. The number of amides is 1. The molecule has 1 aromatic heterocycles. The van der Waals surface area contributed by atoms with Gasteiger partial charge in [-0.25, -0.2) is 4.98 Å². The molecule has 2 aromatic carbocycles. The van der Waals surface area contributed by atoms with Gasteiger partial charge in [0.15, 0.2) is 10.9 Å². The van der Waals surface area contributed by atoms with Gasteiger partial charge in [0.25, 0.3) is 5.56 Å². The predicted molar refractivity (Wildman–Crippen MR) is 143 cm³/mol. The van der Waals surface area contributed by atoms with Gasteiger partial charge in [-0.2, -0.15) is 0 Å². The summed E-state index contributed by atoms with van der Waals surface area (Å²) in [6.07, 6.45) is 4.93. The van der Waals surface area contributed by atoms with E-state index in [1.165, 1.54) is 11.8 Å². The van der Waals surface area contributed by atoms with Crippen molar-refractivity contribution >= 4 is 46.0 Å². The molecule has 0 radical (unpaired) electrons. The van der Waals surface area contributed by atoms with Crippen molar-refractivity contribution in [2.75, 3.05) is 18.9 Å². The number of ketones is 1. The zero-order valence-electron chi connectivity index (χ0n) is 20.1. The highest BCUT2D eigenvalue weighted by atomic mass is 35.5. The molecule has 1 amide bonds. The minimum atomic E-state index is -0.114. The molecule has 1 saturated heterocycles. The lowest BCUT2D eigenvalue weighted by molar-refractivity contribution is -0.121. The Morgan fingerprint density at radius 3 is 2.69 bits per heavy atom. The topological polar surface area (TPSA) is 90.3 Å². The van der Waals surface area contributed by atoms with Crippen LogP contribution < -0.4 is 10.9 Å². The van der Waals surface area contributed by atoms with Crippen LogP contribution in [-0.4, -0.2) is 46.2 Å². The molecule has 0 aliphatic carbocycles. The van der Waals surface area contributed by atoms with Crippen molar-refractivity contribution in [3.05, 3.63) is 69.5 Å². The highest BCUT2D eigenvalue weighted by Crippen LogP contribution is 2.21. The van der Waals surface area contributed by atoms with Gasteiger partial charge in [-0.1, -0.05) is 41.9 Å². The first-order valence-electron chi connectivity index (χ1n) is 12.3. The van der Waals surface area contributed by atoms with Gasteiger partial charge in [0.05, 0.1) is 22.8 Å². The summed E-state index contributed by atoms with van der Waals surface area (Å²) in [5.74, 6) is 0.142. The van der Waals surface area contributed by atoms with Crippen molar-refractivity contribution in [3.8, 4) is 0 Å². The molecule has 9 heteroatoms. The molecule has 2 heterocycles. The minimum absolute atomic E-state index is 0.0343. The van der Waals surface area contributed by atoms with E-state index < -0.39 is 0 Å². The summed E-state index contributed by atoms with van der Waals surface area (Å²) in [6.45, 7) is 1.83. The Morgan fingerprint density at radius 1 is 1.11 bits per heavy atom. The number of hydrogen-bond donors (Lipinski definition) is 1. The molecule has 1 N–H and O–H groups in total. The maximum atomic E-state index is 13.2. The largest absolute Gasteiger partial charge is 0.376 e. The van der Waals surface area contributed by atoms with Crippen molar-refractivity contribution in [3.63, 3.8) is 0 Å². The van der Waals surface area contributed by atoms with Crippen molar-refractivity contribution in [1.82, 2.24) is 14.9 Å². The molecule has 0 spiro atoms. The number of nitrogens with zero attached hydrogens (tertiary/aromatic N) is 2. The van der Waals surface area contributed by atoms with E-state index in [0.717, 1.165) is 38.7 Å². The molecule has 36 heavy (non-hydrogen) atoms. The van der Waals surface area contributed by atoms with Gasteiger partial charge >= 0.3 is 0 Å². The molecular weight excluding hydrogens is 498 g/mol. The molecule has 7 nitrogen and oxygen atoms in total. The van der Waals surface area contributed by atoms with Gasteiger partial charge in [0.1, 0.15) is 0 Å². The van der Waals surface area contributed by atoms with Crippen LogP contribution in [0.2, 0.25) is 5.02 Å². The standard InChI is InChI=1S/C27H30ClN3O4S/c28-20-13-11-19(12-14-20)24(32)18-36-27-30-23-9-4-3-8-22(23)26(34)31(27)15-5-1-2-10-25(33)29-17-21-7-6-16-35-21/h3-4,8-9,11-14,21H,1-2,5-7,10,15-18H2,(H,29,33)/t21-/m1/s1. The van der Waals surface area contributed by atoms with Gasteiger partial charge in [-0.3, -0.25) is 19.0 Å². The van der Waals surface area contributed by atoms with E-state index in [1.54, 1.807) is 41.0 Å². The average molecular weight is 528 g/mol. The highest BCUT2D eigenvalue weighted by Gasteiger charge is 2.16. The first-order chi connectivity index (χ1) is 17.5. The smallest absolute Gasteiger partial charge is 0.262 e. The first-order valence-corrected chi connectivity index (χ1v) is 13.7. The van der Waals surface area contributed by atoms with Crippen molar-refractivity contribution in [2.45, 2.75) is 56.3 Å². The third-order valence-electron chi connectivity index (χ3n) is 6.16. The second-order valence-electron chi connectivity index (χ2n) is 8.84. The Bertz CT molecular complexity index is 1260. The number of ether oxygens (including phenoxy) is 1. The number of Topliss-reactive ketones (excluding diaryl/α,β-unsaturated/α-hetero) is 1. The van der Waals surface area contributed by atoms with Crippen LogP contribution in [0.5, 0.6) is 0 Å². The number of fused-ring (bicyclic) bond motifs is 1. The van der Waals surface area contributed by atoms with Crippen LogP contribution in [0.3, 0.4) is 0 Å². The van der Waals surface area contributed by atoms with E-state index in [0.29, 0.717) is 46.2 Å². The summed E-state index contributed by atoms with van der Waals surface area (Å²) in [6, 6.07) is 14.0. The van der Waals surface area contributed by atoms with Crippen LogP contribution in [-0.2, 0) is 16.1 Å². The number of para-hydroxylation sites is 1. The van der Waals surface area contributed by atoms with Gasteiger partial charge in [-0.15, -0.1) is 0 Å². The van der Waals surface area contributed by atoms with Crippen LogP contribution in [0.1, 0.15) is 48.9 Å². The second-order valence-corrected chi connectivity index (χ2v) is 10.2. The fraction of sp³-hybridized carbons (Fsp3) is 0.407. The Morgan fingerprint density at radius 2 is 1.92 bits per heavy atom. The Kier molecular flexibility index (Phi) is 9.55. The number of halogens is 1. The molecular formula is C27H30ClN3O4S. The summed E-state index contributed by atoms with van der Waals surface area (Å²) in [5, 5.41) is 4.60. The Balaban J connectivity index is 1.34. The zero-order chi connectivity index (χ0) is 25.3. The number of carbonyl (C=O) groups is 2. The van der Waals surface area contributed by atoms with Crippen LogP contribution in [0.15, 0.2) is 58.5 Å². The number of thioether (sulfide) groups is 1. The molecule has 1 atom stereocenters. The average Bonchev–Trinajstić information content (AvgIpc) is 3.41. The fourth-order valence-electron chi connectivity index (χ4n) is 4.16. The highest BCUT2D eigenvalue weighted by molar-refractivity contribution is 7.99. The van der Waals surface area contributed by atoms with Crippen LogP contribution >= 0.6 is 23.4 Å². The van der Waals surface area contributed by atoms with Crippen molar-refractivity contribution in [1.29, 1.82) is 0 Å². The number of unbranched alkanes of at least 4 members (excludes halogenated alkanes) is 2. The Hall–Kier alpha value is -2.68. The van der Waals surface area contributed by atoms with E-state index in [9.17, 15) is 14.4 Å². The number of benzene rings is 2. The van der Waals surface area contributed by atoms with Crippen molar-refractivity contribution < 1.29 is 14.3 Å². The van der Waals surface area contributed by atoms with E-state index >= 15 is 0 Å². The molecule has 1 aliphatic heterocycles. The summed E-state index contributed by atoms with van der Waals surface area (Å²) < 4.78 is 7.18. The fourth-order valence-corrected chi connectivity index (χ4v) is 5.20. The molecule has 1 aliphatic rings. The number of nitrogens with one attached hydrogen (secondary N) is 1. The van der Waals surface area contributed by atoms with Gasteiger partial charge in [0.2, 0.25) is 5.91 Å². The third kappa shape index (κ3) is 7.18. The number of aromatic nitrogens is 2. The summed E-state index contributed by atoms with van der Waals surface area (Å²) >= 11 is 7.19. The summed E-state index contributed by atoms with van der Waals surface area (Å²) in [5.41, 5.74) is 1.07. The summed E-state index contributed by atoms with van der Waals surface area (Å²) in [4.78, 5) is 42.7. The molecule has 1 fully saturated rings. The lowest BCUT2D eigenvalue weighted by Gasteiger charge is -2.13. The molecule has 0 unspecified atom stereocenters. The maximum Gasteiger partial charge on any atom is 0.262 e. The van der Waals surface area contributed by atoms with Crippen molar-refractivity contribution in [2.24, 2.45) is 0 Å². The summed E-state index contributed by atoms with van der Waals surface area (Å²) in [7, 11) is 0. The third-order valence-corrected chi connectivity index (χ3v) is 7.39. The monoisotopic (exact) mass is 527 g/mol. The van der Waals surface area contributed by atoms with E-state index in [-0.39, 0.29) is 29.1 Å². The molecule has 190 valence electrons. The maximum absolute atomic E-state index is 13.2. The van der Waals surface area contributed by atoms with E-state index in [2.05, 4.69) is 10.3 Å². The number of carbonyl (C=O) groups excluding carboxylic acids is 2. The first kappa shape index (κ1) is 26.4. The van der Waals surface area contributed by atoms with Crippen LogP contribution in [0.4, 0.5) is 0 Å². The van der Waals surface area contributed by atoms with Gasteiger partial charge in [-0.05, 0) is 62.1 Å². The molecule has 0 bridgehead atoms. The quantitative estimate of drug-likeness (QED) is 0.156. The Labute approximate surface area is 219 Å². The normalized spacial score (nSPS) is 15.3. The predicted octanol–water partition coefficient (Wildman–Crippen LogP) is 4.88. The molecule has 3 aromatic rings. The van der Waals surface area contributed by atoms with E-state index in [1.807, 2.05) is 12.1 Å². The lowest BCUT2D eigenvalue weighted by Crippen LogP contribution is -2.31. The number of hydrogen-bond acceptors (Lipinski definition) is 6. The van der Waals surface area contributed by atoms with Crippen LogP contribution in [0, 0.1) is 0 Å². The van der Waals surface area contributed by atoms with E-state index in [4.69, 9.17) is 16.3 Å².